The summed E-state index contributed by atoms with van der Waals surface area (Å²) in [6.07, 6.45) is 3.69. The van der Waals surface area contributed by atoms with Crippen molar-refractivity contribution >= 4 is 11.6 Å². The molecule has 0 aliphatic heterocycles. The van der Waals surface area contributed by atoms with Crippen LogP contribution >= 0.6 is 11.6 Å². The van der Waals surface area contributed by atoms with Gasteiger partial charge >= 0.3 is 0 Å². The number of halogens is 1. The summed E-state index contributed by atoms with van der Waals surface area (Å²) >= 11 is 6.02. The van der Waals surface area contributed by atoms with E-state index in [1.165, 1.54) is 18.4 Å². The van der Waals surface area contributed by atoms with Gasteiger partial charge in [0.05, 0.1) is 5.38 Å². The zero-order valence-corrected chi connectivity index (χ0v) is 6.62. The molecule has 0 radical (unpaired) electrons. The predicted molar refractivity (Wildman–Crippen MR) is 41.8 cm³/mol. The van der Waals surface area contributed by atoms with Gasteiger partial charge in [0.25, 0.3) is 0 Å². The third-order valence-corrected chi connectivity index (χ3v) is 2.79. The highest BCUT2D eigenvalue weighted by Crippen LogP contribution is 2.31. The van der Waals surface area contributed by atoms with E-state index in [4.69, 9.17) is 11.6 Å². The summed E-state index contributed by atoms with van der Waals surface area (Å²) in [6, 6.07) is 0. The van der Waals surface area contributed by atoms with Gasteiger partial charge in [-0.25, -0.2) is 0 Å². The molecular weight excluding hydrogens is 132 g/mol. The van der Waals surface area contributed by atoms with Gasteiger partial charge < -0.3 is 0 Å². The molecule has 0 aromatic rings. The number of hydrogen-bond acceptors (Lipinski definition) is 0. The molecule has 0 aromatic carbocycles. The van der Waals surface area contributed by atoms with Gasteiger partial charge in [0, 0.05) is 0 Å². The van der Waals surface area contributed by atoms with Gasteiger partial charge in [0.15, 0.2) is 0 Å². The third-order valence-electron chi connectivity index (χ3n) is 2.05. The van der Waals surface area contributed by atoms with Gasteiger partial charge in [-0.2, -0.15) is 0 Å². The minimum Gasteiger partial charge on any atom is -0.118 e. The maximum Gasteiger partial charge on any atom is 0.0568 e. The molecule has 0 bridgehead atoms. The molecule has 0 heterocycles. The van der Waals surface area contributed by atoms with Crippen LogP contribution in [-0.4, -0.2) is 5.38 Å². The van der Waals surface area contributed by atoms with Crippen LogP contribution in [0.25, 0.3) is 0 Å². The van der Waals surface area contributed by atoms with Crippen LogP contribution in [0, 0.1) is 5.92 Å². The predicted octanol–water partition coefficient (Wildman–Crippen LogP) is 2.97. The summed E-state index contributed by atoms with van der Waals surface area (Å²) in [5, 5.41) is 0.249. The Morgan fingerprint density at radius 3 is 2.78 bits per heavy atom. The lowest BCUT2D eigenvalue weighted by atomic mass is 9.87. The van der Waals surface area contributed by atoms with Crippen LogP contribution in [0.5, 0.6) is 0 Å². The van der Waals surface area contributed by atoms with Crippen molar-refractivity contribution in [2.24, 2.45) is 5.92 Å². The first-order valence-electron chi connectivity index (χ1n) is 3.53. The van der Waals surface area contributed by atoms with Gasteiger partial charge in [-0.3, -0.25) is 0 Å². The first-order chi connectivity index (χ1) is 4.22. The Labute approximate surface area is 61.9 Å². The van der Waals surface area contributed by atoms with Crippen molar-refractivity contribution in [1.82, 2.24) is 0 Å². The molecule has 1 saturated carbocycles. The SMILES string of the molecule is C=C1CCCC(C)C1Cl. The van der Waals surface area contributed by atoms with Gasteiger partial charge in [-0.15, -0.1) is 11.6 Å². The fraction of sp³-hybridized carbons (Fsp3) is 0.750. The van der Waals surface area contributed by atoms with Crippen molar-refractivity contribution in [2.45, 2.75) is 31.6 Å². The molecule has 1 rings (SSSR count). The largest absolute Gasteiger partial charge is 0.118 e. The van der Waals surface area contributed by atoms with Gasteiger partial charge in [0.1, 0.15) is 0 Å². The molecule has 52 valence electrons. The summed E-state index contributed by atoms with van der Waals surface area (Å²) in [6.45, 7) is 6.11. The lowest BCUT2D eigenvalue weighted by Gasteiger charge is -2.25. The Kier molecular flexibility index (Phi) is 2.18. The molecule has 2 unspecified atom stereocenters. The third kappa shape index (κ3) is 1.48. The topological polar surface area (TPSA) is 0 Å². The van der Waals surface area contributed by atoms with E-state index < -0.39 is 0 Å². The second kappa shape index (κ2) is 2.74. The average molecular weight is 145 g/mol. The van der Waals surface area contributed by atoms with Crippen LogP contribution < -0.4 is 0 Å². The van der Waals surface area contributed by atoms with E-state index in [0.717, 1.165) is 6.42 Å². The first kappa shape index (κ1) is 7.14. The van der Waals surface area contributed by atoms with E-state index in [1.807, 2.05) is 0 Å². The van der Waals surface area contributed by atoms with Crippen LogP contribution in [0.3, 0.4) is 0 Å². The Morgan fingerprint density at radius 1 is 1.67 bits per heavy atom. The van der Waals surface area contributed by atoms with E-state index in [0.29, 0.717) is 5.92 Å². The molecule has 1 heteroatoms. The highest BCUT2D eigenvalue weighted by Gasteiger charge is 2.21. The minimum atomic E-state index is 0.249. The molecule has 0 spiro atoms. The van der Waals surface area contributed by atoms with Crippen LogP contribution in [0.15, 0.2) is 12.2 Å². The molecule has 9 heavy (non-hydrogen) atoms. The Bertz CT molecular complexity index is 118. The second-order valence-electron chi connectivity index (χ2n) is 2.93. The lowest BCUT2D eigenvalue weighted by Crippen LogP contribution is -2.18. The molecule has 1 aliphatic rings. The van der Waals surface area contributed by atoms with Crippen molar-refractivity contribution in [3.05, 3.63) is 12.2 Å². The zero-order valence-electron chi connectivity index (χ0n) is 5.86. The second-order valence-corrected chi connectivity index (χ2v) is 3.40. The molecule has 0 amide bonds. The zero-order chi connectivity index (χ0) is 6.85. The quantitative estimate of drug-likeness (QED) is 0.362. The van der Waals surface area contributed by atoms with Crippen molar-refractivity contribution in [3.8, 4) is 0 Å². The fourth-order valence-electron chi connectivity index (χ4n) is 1.34. The molecule has 0 saturated heterocycles. The highest BCUT2D eigenvalue weighted by molar-refractivity contribution is 6.22. The van der Waals surface area contributed by atoms with Gasteiger partial charge in [-0.1, -0.05) is 19.1 Å². The van der Waals surface area contributed by atoms with E-state index in [9.17, 15) is 0 Å². The number of rotatable bonds is 0. The maximum absolute atomic E-state index is 6.02. The normalized spacial score (nSPS) is 36.9. The van der Waals surface area contributed by atoms with Crippen LogP contribution in [-0.2, 0) is 0 Å². The van der Waals surface area contributed by atoms with E-state index in [1.54, 1.807) is 0 Å². The molecule has 0 aromatic heterocycles. The van der Waals surface area contributed by atoms with Crippen LogP contribution in [0.1, 0.15) is 26.2 Å². The standard InChI is InChI=1S/C8H13Cl/c1-6-4-3-5-7(2)8(6)9/h7-8H,1,3-5H2,2H3. The maximum atomic E-state index is 6.02. The van der Waals surface area contributed by atoms with Crippen LogP contribution in [0.2, 0.25) is 0 Å². The molecule has 0 N–H and O–H groups in total. The molecule has 2 atom stereocenters. The van der Waals surface area contributed by atoms with Crippen molar-refractivity contribution in [3.63, 3.8) is 0 Å². The number of allylic oxidation sites excluding steroid dienone is 1. The van der Waals surface area contributed by atoms with Crippen molar-refractivity contribution < 1.29 is 0 Å². The Morgan fingerprint density at radius 2 is 2.33 bits per heavy atom. The summed E-state index contributed by atoms with van der Waals surface area (Å²) in [7, 11) is 0. The Balaban J connectivity index is 2.51. The van der Waals surface area contributed by atoms with Gasteiger partial charge in [0.2, 0.25) is 0 Å². The molecule has 1 fully saturated rings. The minimum absolute atomic E-state index is 0.249. The van der Waals surface area contributed by atoms with Crippen LogP contribution in [0.4, 0.5) is 0 Å². The lowest BCUT2D eigenvalue weighted by molar-refractivity contribution is 0.460. The first-order valence-corrected chi connectivity index (χ1v) is 3.97. The highest BCUT2D eigenvalue weighted by atomic mass is 35.5. The molecular formula is C8H13Cl. The van der Waals surface area contributed by atoms with E-state index in [2.05, 4.69) is 13.5 Å². The van der Waals surface area contributed by atoms with E-state index in [-0.39, 0.29) is 5.38 Å². The average Bonchev–Trinajstić information content (AvgIpc) is 1.83. The summed E-state index contributed by atoms with van der Waals surface area (Å²) in [4.78, 5) is 0. The fourth-order valence-corrected chi connectivity index (χ4v) is 1.57. The van der Waals surface area contributed by atoms with Gasteiger partial charge in [-0.05, 0) is 25.2 Å². The Hall–Kier alpha value is 0.0300. The monoisotopic (exact) mass is 144 g/mol. The number of alkyl halides is 1. The summed E-state index contributed by atoms with van der Waals surface area (Å²) in [5.74, 6) is 0.646. The van der Waals surface area contributed by atoms with Crippen molar-refractivity contribution in [1.29, 1.82) is 0 Å². The smallest absolute Gasteiger partial charge is 0.0568 e. The summed E-state index contributed by atoms with van der Waals surface area (Å²) in [5.41, 5.74) is 1.23. The van der Waals surface area contributed by atoms with E-state index >= 15 is 0 Å². The summed E-state index contributed by atoms with van der Waals surface area (Å²) < 4.78 is 0. The molecule has 1 aliphatic carbocycles. The van der Waals surface area contributed by atoms with Crippen molar-refractivity contribution in [2.75, 3.05) is 0 Å². The number of hydrogen-bond donors (Lipinski definition) is 0. The molecule has 0 nitrogen and oxygen atoms in total.